The highest BCUT2D eigenvalue weighted by Crippen LogP contribution is 2.28. The van der Waals surface area contributed by atoms with Crippen LogP contribution in [-0.4, -0.2) is 57.2 Å². The smallest absolute Gasteiger partial charge is 0.257 e. The van der Waals surface area contributed by atoms with Crippen molar-refractivity contribution in [2.45, 2.75) is 46.1 Å². The van der Waals surface area contributed by atoms with Gasteiger partial charge in [0.2, 0.25) is 0 Å². The lowest BCUT2D eigenvalue weighted by atomic mass is 10.2. The van der Waals surface area contributed by atoms with E-state index in [9.17, 15) is 4.79 Å². The third-order valence-electron chi connectivity index (χ3n) is 4.47. The van der Waals surface area contributed by atoms with E-state index in [1.54, 1.807) is 7.11 Å². The van der Waals surface area contributed by atoms with Crippen LogP contribution in [0, 0.1) is 0 Å². The van der Waals surface area contributed by atoms with Crippen molar-refractivity contribution >= 4 is 11.9 Å². The number of nitrogens with one attached hydrogen (secondary N) is 2. The molecule has 0 spiro atoms. The molecule has 0 aromatic heterocycles. The first-order chi connectivity index (χ1) is 14.5. The summed E-state index contributed by atoms with van der Waals surface area (Å²) in [4.78, 5) is 18.5. The monoisotopic (exact) mass is 418 g/mol. The molecule has 0 atom stereocenters. The molecule has 0 heterocycles. The average molecular weight is 419 g/mol. The van der Waals surface area contributed by atoms with E-state index >= 15 is 0 Å². The van der Waals surface area contributed by atoms with Crippen molar-refractivity contribution in [1.29, 1.82) is 0 Å². The lowest BCUT2D eigenvalue weighted by Gasteiger charge is -2.22. The molecule has 0 aliphatic carbocycles. The highest BCUT2D eigenvalue weighted by atomic mass is 16.5. The molecule has 1 rings (SSSR count). The second-order valence-electron chi connectivity index (χ2n) is 6.96. The predicted molar refractivity (Wildman–Crippen MR) is 123 cm³/mol. The molecule has 0 bridgehead atoms. The number of hydrogen-bond donors (Lipinski definition) is 2. The first-order valence-electron chi connectivity index (χ1n) is 10.7. The maximum Gasteiger partial charge on any atom is 0.257 e. The van der Waals surface area contributed by atoms with Crippen molar-refractivity contribution in [2.75, 3.05) is 40.4 Å². The highest BCUT2D eigenvalue weighted by molar-refractivity contribution is 5.79. The van der Waals surface area contributed by atoms with Gasteiger partial charge < -0.3 is 25.0 Å². The van der Waals surface area contributed by atoms with Gasteiger partial charge in [-0.2, -0.15) is 0 Å². The number of guanidine groups is 1. The standard InChI is InChI=1S/C23H38N4O3/c1-6-9-10-11-12-15-27(4)23(25-8-3)26-17-19-13-14-20(21(16-19)29-5)30-18-22(28)24-7-2/h6,13-14,16H,1,7-12,15,17-18H2,2-5H3,(H,24,28)(H,25,26). The number of unbranched alkanes of at least 4 members (excludes halogenated alkanes) is 3. The molecule has 0 saturated heterocycles. The van der Waals surface area contributed by atoms with Crippen LogP contribution in [0.25, 0.3) is 0 Å². The Morgan fingerprint density at radius 1 is 1.17 bits per heavy atom. The molecule has 0 unspecified atom stereocenters. The summed E-state index contributed by atoms with van der Waals surface area (Å²) in [5.74, 6) is 1.86. The first-order valence-corrected chi connectivity index (χ1v) is 10.7. The normalized spacial score (nSPS) is 11.0. The number of aliphatic imine (C=N–C) groups is 1. The molecule has 0 fully saturated rings. The number of allylic oxidation sites excluding steroid dienone is 1. The zero-order valence-corrected chi connectivity index (χ0v) is 19.0. The Morgan fingerprint density at radius 2 is 1.93 bits per heavy atom. The highest BCUT2D eigenvalue weighted by Gasteiger charge is 2.09. The molecule has 0 radical (unpaired) electrons. The van der Waals surface area contributed by atoms with Gasteiger partial charge in [-0.05, 0) is 50.8 Å². The van der Waals surface area contributed by atoms with Crippen molar-refractivity contribution in [3.05, 3.63) is 36.4 Å². The molecule has 168 valence electrons. The lowest BCUT2D eigenvalue weighted by molar-refractivity contribution is -0.123. The summed E-state index contributed by atoms with van der Waals surface area (Å²) in [6, 6.07) is 5.66. The van der Waals surface area contributed by atoms with E-state index in [0.29, 0.717) is 24.6 Å². The summed E-state index contributed by atoms with van der Waals surface area (Å²) in [7, 11) is 3.65. The Labute approximate surface area is 181 Å². The summed E-state index contributed by atoms with van der Waals surface area (Å²) >= 11 is 0. The summed E-state index contributed by atoms with van der Waals surface area (Å²) in [5.41, 5.74) is 1.01. The molecular formula is C23H38N4O3. The number of carbonyl (C=O) groups is 1. The van der Waals surface area contributed by atoms with E-state index in [1.807, 2.05) is 31.2 Å². The Balaban J connectivity index is 2.71. The Hall–Kier alpha value is -2.70. The summed E-state index contributed by atoms with van der Waals surface area (Å²) < 4.78 is 11.0. The third kappa shape index (κ3) is 9.67. The van der Waals surface area contributed by atoms with E-state index in [-0.39, 0.29) is 12.5 Å². The summed E-state index contributed by atoms with van der Waals surface area (Å²) in [5, 5.41) is 6.05. The minimum Gasteiger partial charge on any atom is -0.493 e. The van der Waals surface area contributed by atoms with Crippen LogP contribution in [0.2, 0.25) is 0 Å². The van der Waals surface area contributed by atoms with Gasteiger partial charge in [0.1, 0.15) is 0 Å². The van der Waals surface area contributed by atoms with Crippen LogP contribution >= 0.6 is 0 Å². The SMILES string of the molecule is C=CCCCCCN(C)C(=NCc1ccc(OCC(=O)NCC)c(OC)c1)NCC. The van der Waals surface area contributed by atoms with Gasteiger partial charge in [-0.1, -0.05) is 18.6 Å². The van der Waals surface area contributed by atoms with Gasteiger partial charge in [0.05, 0.1) is 13.7 Å². The van der Waals surface area contributed by atoms with Crippen molar-refractivity contribution in [3.63, 3.8) is 0 Å². The van der Waals surface area contributed by atoms with Crippen LogP contribution in [-0.2, 0) is 11.3 Å². The fourth-order valence-corrected chi connectivity index (χ4v) is 2.88. The molecule has 1 amide bonds. The van der Waals surface area contributed by atoms with Crippen molar-refractivity contribution < 1.29 is 14.3 Å². The second kappa shape index (κ2) is 15.2. The number of likely N-dealkylation sites (N-methyl/N-ethyl adjacent to an activating group) is 1. The van der Waals surface area contributed by atoms with Gasteiger partial charge in [-0.25, -0.2) is 4.99 Å². The number of amides is 1. The van der Waals surface area contributed by atoms with E-state index in [1.165, 1.54) is 12.8 Å². The van der Waals surface area contributed by atoms with Gasteiger partial charge in [0.25, 0.3) is 5.91 Å². The fraction of sp³-hybridized carbons (Fsp3) is 0.565. The summed E-state index contributed by atoms with van der Waals surface area (Å²) in [6.45, 7) is 10.5. The first kappa shape index (κ1) is 25.3. The quantitative estimate of drug-likeness (QED) is 0.210. The van der Waals surface area contributed by atoms with E-state index in [2.05, 4.69) is 36.1 Å². The van der Waals surface area contributed by atoms with Crippen LogP contribution < -0.4 is 20.1 Å². The maximum absolute atomic E-state index is 11.6. The molecule has 1 aromatic carbocycles. The predicted octanol–water partition coefficient (Wildman–Crippen LogP) is 3.35. The van der Waals surface area contributed by atoms with Crippen LogP contribution in [0.4, 0.5) is 0 Å². The molecule has 1 aromatic rings. The molecule has 0 aliphatic rings. The second-order valence-corrected chi connectivity index (χ2v) is 6.96. The number of rotatable bonds is 14. The number of hydrogen-bond acceptors (Lipinski definition) is 4. The van der Waals surface area contributed by atoms with Gasteiger partial charge in [-0.3, -0.25) is 4.79 Å². The van der Waals surface area contributed by atoms with Crippen molar-refractivity contribution in [1.82, 2.24) is 15.5 Å². The molecule has 30 heavy (non-hydrogen) atoms. The summed E-state index contributed by atoms with van der Waals surface area (Å²) in [6.07, 6.45) is 6.53. The minimum atomic E-state index is -0.156. The molecule has 0 aliphatic heterocycles. The topological polar surface area (TPSA) is 75.2 Å². The van der Waals surface area contributed by atoms with E-state index in [4.69, 9.17) is 14.5 Å². The zero-order chi connectivity index (χ0) is 22.2. The van der Waals surface area contributed by atoms with Gasteiger partial charge >= 0.3 is 0 Å². The van der Waals surface area contributed by atoms with E-state index in [0.717, 1.165) is 37.5 Å². The number of carbonyl (C=O) groups excluding carboxylic acids is 1. The number of nitrogens with zero attached hydrogens (tertiary/aromatic N) is 2. The Bertz CT molecular complexity index is 676. The van der Waals surface area contributed by atoms with E-state index < -0.39 is 0 Å². The molecule has 7 nitrogen and oxygen atoms in total. The lowest BCUT2D eigenvalue weighted by Crippen LogP contribution is -2.39. The minimum absolute atomic E-state index is 0.0378. The van der Waals surface area contributed by atoms with Crippen LogP contribution in [0.1, 0.15) is 45.1 Å². The number of ether oxygens (including phenoxy) is 2. The largest absolute Gasteiger partial charge is 0.493 e. The van der Waals surface area contributed by atoms with Crippen molar-refractivity contribution in [3.8, 4) is 11.5 Å². The van der Waals surface area contributed by atoms with Crippen molar-refractivity contribution in [2.24, 2.45) is 4.99 Å². The molecule has 2 N–H and O–H groups in total. The van der Waals surface area contributed by atoms with Gasteiger partial charge in [0.15, 0.2) is 24.1 Å². The number of methoxy groups -OCH3 is 1. The zero-order valence-electron chi connectivity index (χ0n) is 19.0. The third-order valence-corrected chi connectivity index (χ3v) is 4.47. The molecule has 7 heteroatoms. The van der Waals surface area contributed by atoms with Crippen LogP contribution in [0.5, 0.6) is 11.5 Å². The number of benzene rings is 1. The molecular weight excluding hydrogens is 380 g/mol. The average Bonchev–Trinajstić information content (AvgIpc) is 2.75. The Kier molecular flexibility index (Phi) is 12.8. The van der Waals surface area contributed by atoms with Gasteiger partial charge in [0, 0.05) is 26.7 Å². The Morgan fingerprint density at radius 3 is 2.60 bits per heavy atom. The molecule has 0 saturated carbocycles. The van der Waals surface area contributed by atoms with Crippen LogP contribution in [0.3, 0.4) is 0 Å². The van der Waals surface area contributed by atoms with Crippen LogP contribution in [0.15, 0.2) is 35.8 Å². The maximum atomic E-state index is 11.6. The van der Waals surface area contributed by atoms with Gasteiger partial charge in [-0.15, -0.1) is 6.58 Å². The fourth-order valence-electron chi connectivity index (χ4n) is 2.88.